The number of carbonyl (C=O) groups excluding carboxylic acids is 1. The minimum Gasteiger partial charge on any atom is -0.394 e. The molecule has 1 aliphatic heterocycles. The Labute approximate surface area is 113 Å². The Bertz CT molecular complexity index is 423. The van der Waals surface area contributed by atoms with E-state index < -0.39 is 43.2 Å². The quantitative estimate of drug-likeness (QED) is 0.451. The van der Waals surface area contributed by atoms with E-state index >= 15 is 0 Å². The second kappa shape index (κ2) is 5.95. The van der Waals surface area contributed by atoms with Gasteiger partial charge < -0.3 is 30.5 Å². The summed E-state index contributed by atoms with van der Waals surface area (Å²) in [6.45, 7) is -0.531. The Morgan fingerprint density at radius 2 is 2.05 bits per heavy atom. The van der Waals surface area contributed by atoms with Crippen molar-refractivity contribution in [2.75, 3.05) is 6.61 Å². The number of rotatable bonds is 3. The van der Waals surface area contributed by atoms with Crippen LogP contribution < -0.4 is 5.32 Å². The molecular weight excluding hydrogens is 274 g/mol. The molecule has 0 aliphatic carbocycles. The molecular formula is C11H15NO6S. The Balaban J connectivity index is 2.05. The van der Waals surface area contributed by atoms with Crippen molar-refractivity contribution in [3.8, 4) is 0 Å². The Kier molecular flexibility index (Phi) is 4.50. The fraction of sp³-hybridized carbons (Fsp3) is 0.545. The first-order valence-corrected chi connectivity index (χ1v) is 6.57. The van der Waals surface area contributed by atoms with Crippen molar-refractivity contribution in [2.45, 2.75) is 30.6 Å². The number of amides is 1. The van der Waals surface area contributed by atoms with Crippen LogP contribution >= 0.6 is 11.3 Å². The highest BCUT2D eigenvalue weighted by molar-refractivity contribution is 7.12. The maximum atomic E-state index is 11.8. The van der Waals surface area contributed by atoms with Gasteiger partial charge in [-0.25, -0.2) is 0 Å². The van der Waals surface area contributed by atoms with Gasteiger partial charge in [0.25, 0.3) is 5.91 Å². The van der Waals surface area contributed by atoms with Gasteiger partial charge in [-0.15, -0.1) is 11.3 Å². The lowest BCUT2D eigenvalue weighted by atomic mass is 9.98. The van der Waals surface area contributed by atoms with E-state index in [9.17, 15) is 20.1 Å². The summed E-state index contributed by atoms with van der Waals surface area (Å²) in [5.41, 5.74) is 0. The van der Waals surface area contributed by atoms with Crippen molar-refractivity contribution in [3.63, 3.8) is 0 Å². The van der Waals surface area contributed by atoms with Gasteiger partial charge in [-0.1, -0.05) is 6.07 Å². The van der Waals surface area contributed by atoms with Gasteiger partial charge in [0.05, 0.1) is 11.5 Å². The van der Waals surface area contributed by atoms with Gasteiger partial charge in [-0.3, -0.25) is 4.79 Å². The highest BCUT2D eigenvalue weighted by Gasteiger charge is 2.44. The van der Waals surface area contributed by atoms with Crippen molar-refractivity contribution in [3.05, 3.63) is 22.4 Å². The van der Waals surface area contributed by atoms with Gasteiger partial charge in [-0.2, -0.15) is 0 Å². The van der Waals surface area contributed by atoms with Crippen molar-refractivity contribution >= 4 is 17.2 Å². The minimum absolute atomic E-state index is 0.428. The van der Waals surface area contributed by atoms with E-state index in [4.69, 9.17) is 9.84 Å². The summed E-state index contributed by atoms with van der Waals surface area (Å²) in [6.07, 6.45) is -6.63. The van der Waals surface area contributed by atoms with Crippen molar-refractivity contribution in [1.29, 1.82) is 0 Å². The average molecular weight is 289 g/mol. The summed E-state index contributed by atoms with van der Waals surface area (Å²) in [5, 5.41) is 42.0. The lowest BCUT2D eigenvalue weighted by molar-refractivity contribution is -0.233. The summed E-state index contributed by atoms with van der Waals surface area (Å²) in [4.78, 5) is 12.2. The third kappa shape index (κ3) is 2.94. The van der Waals surface area contributed by atoms with E-state index in [1.165, 1.54) is 11.3 Å². The molecule has 0 radical (unpaired) electrons. The van der Waals surface area contributed by atoms with Crippen molar-refractivity contribution in [1.82, 2.24) is 5.32 Å². The fourth-order valence-electron chi connectivity index (χ4n) is 1.83. The van der Waals surface area contributed by atoms with Crippen LogP contribution in [0.2, 0.25) is 0 Å². The topological polar surface area (TPSA) is 119 Å². The number of nitrogens with one attached hydrogen (secondary N) is 1. The molecule has 0 saturated carbocycles. The van der Waals surface area contributed by atoms with Crippen LogP contribution in [0.3, 0.4) is 0 Å². The monoisotopic (exact) mass is 289 g/mol. The summed E-state index contributed by atoms with van der Waals surface area (Å²) in [6, 6.07) is 3.30. The molecule has 7 nitrogen and oxygen atoms in total. The zero-order valence-corrected chi connectivity index (χ0v) is 10.7. The average Bonchev–Trinajstić information content (AvgIpc) is 2.93. The van der Waals surface area contributed by atoms with Gasteiger partial charge in [0.15, 0.2) is 6.23 Å². The summed E-state index contributed by atoms with van der Waals surface area (Å²) >= 11 is 1.22. The van der Waals surface area contributed by atoms with E-state index in [1.54, 1.807) is 17.5 Å². The van der Waals surface area contributed by atoms with Gasteiger partial charge in [-0.05, 0) is 11.4 Å². The maximum absolute atomic E-state index is 11.8. The zero-order valence-electron chi connectivity index (χ0n) is 9.84. The molecule has 1 aromatic rings. The predicted octanol–water partition coefficient (Wildman–Crippen LogP) is -1.72. The summed E-state index contributed by atoms with van der Waals surface area (Å²) < 4.78 is 5.16. The molecule has 1 saturated heterocycles. The number of ether oxygens (including phenoxy) is 1. The lowest BCUT2D eigenvalue weighted by Gasteiger charge is -2.40. The molecule has 0 bridgehead atoms. The Morgan fingerprint density at radius 1 is 1.32 bits per heavy atom. The smallest absolute Gasteiger partial charge is 0.263 e. The van der Waals surface area contributed by atoms with Crippen LogP contribution in [0.5, 0.6) is 0 Å². The molecule has 8 heteroatoms. The summed E-state index contributed by atoms with van der Waals surface area (Å²) in [5.74, 6) is -0.459. The molecule has 0 spiro atoms. The molecule has 0 unspecified atom stereocenters. The molecule has 19 heavy (non-hydrogen) atoms. The van der Waals surface area contributed by atoms with Gasteiger partial charge >= 0.3 is 0 Å². The summed E-state index contributed by atoms with van der Waals surface area (Å²) in [7, 11) is 0. The number of aliphatic hydroxyl groups is 4. The largest absolute Gasteiger partial charge is 0.394 e. The van der Waals surface area contributed by atoms with E-state index in [0.717, 1.165) is 0 Å². The molecule has 5 N–H and O–H groups in total. The van der Waals surface area contributed by atoms with Crippen molar-refractivity contribution < 1.29 is 30.0 Å². The molecule has 1 fully saturated rings. The fourth-order valence-corrected chi connectivity index (χ4v) is 2.46. The second-order valence-corrected chi connectivity index (χ2v) is 5.15. The van der Waals surface area contributed by atoms with Crippen LogP contribution in [0.15, 0.2) is 17.5 Å². The number of aliphatic hydroxyl groups excluding tert-OH is 4. The lowest BCUT2D eigenvalue weighted by Crippen LogP contribution is -2.63. The van der Waals surface area contributed by atoms with Crippen LogP contribution in [-0.4, -0.2) is 63.6 Å². The number of hydrogen-bond donors (Lipinski definition) is 5. The first-order chi connectivity index (χ1) is 9.04. The standard InChI is InChI=1S/C11H15NO6S/c13-4-5-7(14)8(15)9(16)11(18-5)12-10(17)6-2-1-3-19-6/h1-3,5,7-9,11,13-16H,4H2,(H,12,17)/t5-,7-,8+,9-,11-/m1/s1. The van der Waals surface area contributed by atoms with E-state index in [1.807, 2.05) is 0 Å². The van der Waals surface area contributed by atoms with E-state index in [0.29, 0.717) is 4.88 Å². The molecule has 106 valence electrons. The molecule has 1 aromatic heterocycles. The highest BCUT2D eigenvalue weighted by atomic mass is 32.1. The molecule has 2 rings (SSSR count). The van der Waals surface area contributed by atoms with Gasteiger partial charge in [0.2, 0.25) is 0 Å². The third-order valence-corrected chi connectivity index (χ3v) is 3.78. The Morgan fingerprint density at radius 3 is 2.63 bits per heavy atom. The van der Waals surface area contributed by atoms with Gasteiger partial charge in [0.1, 0.15) is 24.4 Å². The normalized spacial score (nSPS) is 35.1. The number of thiophene rings is 1. The van der Waals surface area contributed by atoms with Crippen LogP contribution in [0, 0.1) is 0 Å². The third-order valence-electron chi connectivity index (χ3n) is 2.91. The minimum atomic E-state index is -1.50. The van der Waals surface area contributed by atoms with Crippen LogP contribution in [-0.2, 0) is 4.74 Å². The van der Waals surface area contributed by atoms with E-state index in [-0.39, 0.29) is 0 Å². The molecule has 1 aliphatic rings. The zero-order chi connectivity index (χ0) is 14.0. The Hall–Kier alpha value is -1.03. The first-order valence-electron chi connectivity index (χ1n) is 5.69. The molecule has 1 amide bonds. The van der Waals surface area contributed by atoms with Crippen LogP contribution in [0.25, 0.3) is 0 Å². The van der Waals surface area contributed by atoms with Crippen LogP contribution in [0.4, 0.5) is 0 Å². The van der Waals surface area contributed by atoms with Crippen molar-refractivity contribution in [2.24, 2.45) is 0 Å². The molecule has 2 heterocycles. The SMILES string of the molecule is O=C(N[C@@H]1O[C@H](CO)[C@@H](O)[C@H](O)[C@H]1O)c1cccs1. The molecule has 0 aromatic carbocycles. The van der Waals surface area contributed by atoms with E-state index in [2.05, 4.69) is 5.32 Å². The highest BCUT2D eigenvalue weighted by Crippen LogP contribution is 2.20. The number of hydrogen-bond acceptors (Lipinski definition) is 7. The van der Waals surface area contributed by atoms with Crippen LogP contribution in [0.1, 0.15) is 9.67 Å². The number of carbonyl (C=O) groups is 1. The molecule has 5 atom stereocenters. The first kappa shape index (κ1) is 14.4. The second-order valence-electron chi connectivity index (χ2n) is 4.20. The van der Waals surface area contributed by atoms with Gasteiger partial charge in [0, 0.05) is 0 Å². The predicted molar refractivity (Wildman–Crippen MR) is 65.6 cm³/mol. The maximum Gasteiger partial charge on any atom is 0.263 e.